The molecule has 0 saturated carbocycles. The fourth-order valence-electron chi connectivity index (χ4n) is 1.23. The average Bonchev–Trinajstić information content (AvgIpc) is 2.11. The molecule has 0 N–H and O–H groups in total. The molecule has 1 atom stereocenters. The summed E-state index contributed by atoms with van der Waals surface area (Å²) in [4.78, 5) is 34.5. The number of alkyl halides is 1. The number of ether oxygens (including phenoxy) is 1. The van der Waals surface area contributed by atoms with Crippen LogP contribution in [0.4, 0.5) is 4.79 Å². The van der Waals surface area contributed by atoms with Crippen LogP contribution in [0, 0.1) is 0 Å². The Kier molecular flexibility index (Phi) is 3.72. The molecular weight excluding hydrogens is 278 g/mol. The maximum absolute atomic E-state index is 11.6. The second kappa shape index (κ2) is 4.53. The van der Waals surface area contributed by atoms with E-state index in [0.717, 1.165) is 4.90 Å². The molecule has 6 heteroatoms. The molecule has 90 valence electrons. The van der Waals surface area contributed by atoms with E-state index in [-0.39, 0.29) is 18.7 Å². The Morgan fingerprint density at radius 3 is 2.50 bits per heavy atom. The van der Waals surface area contributed by atoms with Crippen LogP contribution >= 0.6 is 15.9 Å². The maximum atomic E-state index is 11.6. The summed E-state index contributed by atoms with van der Waals surface area (Å²) in [6.07, 6.45) is -0.532. The van der Waals surface area contributed by atoms with Crippen LogP contribution in [0.3, 0.4) is 0 Å². The third kappa shape index (κ3) is 3.04. The van der Waals surface area contributed by atoms with Crippen molar-refractivity contribution in [2.24, 2.45) is 0 Å². The van der Waals surface area contributed by atoms with E-state index in [2.05, 4.69) is 15.9 Å². The zero-order chi connectivity index (χ0) is 12.5. The number of carbonyl (C=O) groups excluding carboxylic acids is 3. The Balaban J connectivity index is 2.71. The summed E-state index contributed by atoms with van der Waals surface area (Å²) in [5.74, 6) is -0.754. The van der Waals surface area contributed by atoms with E-state index in [9.17, 15) is 14.4 Å². The molecule has 1 fully saturated rings. The second-order valence-corrected chi connectivity index (χ2v) is 5.46. The van der Waals surface area contributed by atoms with Gasteiger partial charge in [0, 0.05) is 13.0 Å². The summed E-state index contributed by atoms with van der Waals surface area (Å²) in [6, 6.07) is 0. The molecule has 2 amide bonds. The van der Waals surface area contributed by atoms with Crippen molar-refractivity contribution >= 4 is 33.7 Å². The highest BCUT2D eigenvalue weighted by Crippen LogP contribution is 2.18. The Hall–Kier alpha value is -0.910. The maximum Gasteiger partial charge on any atom is 0.417 e. The standard InChI is InChI=1S/C10H14BrNO4/c1-10(2,3)16-9(15)12-5-4-6(13)7(11)8(12)14/h7H,4-5H2,1-3H3/t7-/m1/s1. The Morgan fingerprint density at radius 2 is 2.00 bits per heavy atom. The smallest absolute Gasteiger partial charge is 0.417 e. The summed E-state index contributed by atoms with van der Waals surface area (Å²) >= 11 is 2.96. The summed E-state index contributed by atoms with van der Waals surface area (Å²) < 4.78 is 5.07. The number of halogens is 1. The molecule has 16 heavy (non-hydrogen) atoms. The normalized spacial score (nSPS) is 22.2. The molecule has 1 saturated heterocycles. The van der Waals surface area contributed by atoms with Crippen molar-refractivity contribution in [1.82, 2.24) is 4.90 Å². The van der Waals surface area contributed by atoms with Crippen LogP contribution in [0.5, 0.6) is 0 Å². The number of likely N-dealkylation sites (tertiary alicyclic amines) is 1. The topological polar surface area (TPSA) is 63.7 Å². The van der Waals surface area contributed by atoms with Crippen molar-refractivity contribution in [3.05, 3.63) is 0 Å². The summed E-state index contributed by atoms with van der Waals surface area (Å²) in [5.41, 5.74) is -0.652. The number of hydrogen-bond donors (Lipinski definition) is 0. The van der Waals surface area contributed by atoms with Crippen LogP contribution in [0.1, 0.15) is 27.2 Å². The average molecular weight is 292 g/mol. The molecule has 1 aliphatic rings. The number of amides is 2. The first kappa shape index (κ1) is 13.2. The molecule has 0 spiro atoms. The number of imide groups is 1. The van der Waals surface area contributed by atoms with Crippen LogP contribution in [0.25, 0.3) is 0 Å². The highest BCUT2D eigenvalue weighted by molar-refractivity contribution is 9.10. The van der Waals surface area contributed by atoms with Gasteiger partial charge in [-0.25, -0.2) is 9.69 Å². The minimum absolute atomic E-state index is 0.0919. The van der Waals surface area contributed by atoms with Gasteiger partial charge in [0.2, 0.25) is 0 Å². The van der Waals surface area contributed by atoms with E-state index in [1.165, 1.54) is 0 Å². The second-order valence-electron chi connectivity index (χ2n) is 4.55. The van der Waals surface area contributed by atoms with Gasteiger partial charge in [0.25, 0.3) is 5.91 Å². The Bertz CT molecular complexity index is 334. The number of carbonyl (C=O) groups is 3. The van der Waals surface area contributed by atoms with Gasteiger partial charge in [-0.3, -0.25) is 9.59 Å². The van der Waals surface area contributed by atoms with Crippen molar-refractivity contribution in [3.63, 3.8) is 0 Å². The van der Waals surface area contributed by atoms with Gasteiger partial charge in [0.05, 0.1) is 0 Å². The molecule has 0 aliphatic carbocycles. The van der Waals surface area contributed by atoms with Gasteiger partial charge in [-0.1, -0.05) is 15.9 Å². The number of rotatable bonds is 0. The summed E-state index contributed by atoms with van der Waals surface area (Å²) in [7, 11) is 0. The molecule has 0 aromatic carbocycles. The first-order chi connectivity index (χ1) is 7.22. The molecule has 1 heterocycles. The van der Waals surface area contributed by atoms with E-state index in [1.54, 1.807) is 20.8 Å². The monoisotopic (exact) mass is 291 g/mol. The van der Waals surface area contributed by atoms with Crippen molar-refractivity contribution in [2.75, 3.05) is 6.54 Å². The molecule has 1 rings (SSSR count). The minimum atomic E-state index is -0.922. The van der Waals surface area contributed by atoms with Crippen LogP contribution in [-0.2, 0) is 14.3 Å². The lowest BCUT2D eigenvalue weighted by Gasteiger charge is -2.29. The lowest BCUT2D eigenvalue weighted by molar-refractivity contribution is -0.137. The fourth-order valence-corrected chi connectivity index (χ4v) is 1.71. The third-order valence-corrected chi connectivity index (χ3v) is 2.86. The fraction of sp³-hybridized carbons (Fsp3) is 0.700. The zero-order valence-electron chi connectivity index (χ0n) is 9.45. The number of piperidine rings is 1. The Morgan fingerprint density at radius 1 is 1.44 bits per heavy atom. The van der Waals surface area contributed by atoms with Gasteiger partial charge in [-0.2, -0.15) is 0 Å². The molecular formula is C10H14BrNO4. The Labute approximate surface area is 102 Å². The summed E-state index contributed by atoms with van der Waals surface area (Å²) in [5, 5.41) is 0. The number of Topliss-reactive ketones (excluding diaryl/α,β-unsaturated/α-hetero) is 1. The molecule has 0 radical (unpaired) electrons. The van der Waals surface area contributed by atoms with Gasteiger partial charge in [-0.15, -0.1) is 0 Å². The van der Waals surface area contributed by atoms with Crippen molar-refractivity contribution < 1.29 is 19.1 Å². The van der Waals surface area contributed by atoms with E-state index in [0.29, 0.717) is 0 Å². The van der Waals surface area contributed by atoms with Crippen LogP contribution < -0.4 is 0 Å². The highest BCUT2D eigenvalue weighted by atomic mass is 79.9. The van der Waals surface area contributed by atoms with Crippen LogP contribution in [0.2, 0.25) is 0 Å². The number of ketones is 1. The SMILES string of the molecule is CC(C)(C)OC(=O)N1CCC(=O)[C@@H](Br)C1=O. The van der Waals surface area contributed by atoms with E-state index < -0.39 is 22.4 Å². The number of nitrogens with zero attached hydrogens (tertiary/aromatic N) is 1. The van der Waals surface area contributed by atoms with E-state index in [1.807, 2.05) is 0 Å². The highest BCUT2D eigenvalue weighted by Gasteiger charge is 2.38. The zero-order valence-corrected chi connectivity index (χ0v) is 11.0. The van der Waals surface area contributed by atoms with Crippen LogP contribution in [0.15, 0.2) is 0 Å². The first-order valence-corrected chi connectivity index (χ1v) is 5.85. The lowest BCUT2D eigenvalue weighted by Crippen LogP contribution is -2.50. The van der Waals surface area contributed by atoms with Gasteiger partial charge in [0.15, 0.2) is 10.6 Å². The van der Waals surface area contributed by atoms with Gasteiger partial charge in [-0.05, 0) is 20.8 Å². The first-order valence-electron chi connectivity index (χ1n) is 4.93. The van der Waals surface area contributed by atoms with Crippen molar-refractivity contribution in [3.8, 4) is 0 Å². The lowest BCUT2D eigenvalue weighted by atomic mass is 10.1. The van der Waals surface area contributed by atoms with Crippen molar-refractivity contribution in [2.45, 2.75) is 37.6 Å². The largest absolute Gasteiger partial charge is 0.443 e. The van der Waals surface area contributed by atoms with Crippen LogP contribution in [-0.4, -0.2) is 39.7 Å². The molecule has 0 aromatic rings. The van der Waals surface area contributed by atoms with Crippen molar-refractivity contribution in [1.29, 1.82) is 0 Å². The third-order valence-electron chi connectivity index (χ3n) is 1.96. The minimum Gasteiger partial charge on any atom is -0.443 e. The van der Waals surface area contributed by atoms with E-state index >= 15 is 0 Å². The predicted octanol–water partition coefficient (Wildman–Crippen LogP) is 1.49. The predicted molar refractivity (Wildman–Crippen MR) is 60.3 cm³/mol. The molecule has 1 aliphatic heterocycles. The van der Waals surface area contributed by atoms with Gasteiger partial charge >= 0.3 is 6.09 Å². The van der Waals surface area contributed by atoms with E-state index in [4.69, 9.17) is 4.74 Å². The summed E-state index contributed by atoms with van der Waals surface area (Å²) in [6.45, 7) is 5.25. The van der Waals surface area contributed by atoms with Gasteiger partial charge < -0.3 is 4.74 Å². The molecule has 5 nitrogen and oxygen atoms in total. The quantitative estimate of drug-likeness (QED) is 0.501. The molecule has 0 aromatic heterocycles. The molecule has 0 bridgehead atoms. The molecule has 0 unspecified atom stereocenters. The van der Waals surface area contributed by atoms with Gasteiger partial charge in [0.1, 0.15) is 5.60 Å². The number of hydrogen-bond acceptors (Lipinski definition) is 4.